The third kappa shape index (κ3) is 4.78. The fourth-order valence-corrected chi connectivity index (χ4v) is 8.86. The molecule has 1 saturated carbocycles. The van der Waals surface area contributed by atoms with Crippen LogP contribution in [0.25, 0.3) is 11.5 Å². The van der Waals surface area contributed by atoms with Crippen molar-refractivity contribution in [2.75, 3.05) is 33.0 Å². The summed E-state index contributed by atoms with van der Waals surface area (Å²) < 4.78 is 52.4. The first-order chi connectivity index (χ1) is 22.5. The Labute approximate surface area is 271 Å². The van der Waals surface area contributed by atoms with E-state index in [4.69, 9.17) is 34.4 Å². The van der Waals surface area contributed by atoms with Crippen LogP contribution in [0.2, 0.25) is 0 Å². The SMILES string of the molecule is CO[C@@H]1C[C@@H]([C@H](C)Oc2cc(O[C@@H]3CNC34CC(F)(F)C4)nc(-c3noc4c3CCC[C@@]43CCc4ccc(N)c(C#N)c43)n2)N(C)C1. The summed E-state index contributed by atoms with van der Waals surface area (Å²) in [6, 6.07) is 7.89. The molecular formula is C34H39F2N7O4. The third-order valence-corrected chi connectivity index (χ3v) is 11.3. The average molecular weight is 648 g/mol. The van der Waals surface area contributed by atoms with E-state index in [0.29, 0.717) is 35.8 Å². The number of rotatable bonds is 7. The number of methoxy groups -OCH3 is 1. The summed E-state index contributed by atoms with van der Waals surface area (Å²) in [4.78, 5) is 11.8. The van der Waals surface area contributed by atoms with Gasteiger partial charge in [-0.3, -0.25) is 4.90 Å². The van der Waals surface area contributed by atoms with Crippen molar-refractivity contribution in [3.63, 3.8) is 0 Å². The molecular weight excluding hydrogens is 608 g/mol. The molecule has 0 amide bonds. The van der Waals surface area contributed by atoms with Crippen molar-refractivity contribution in [3.05, 3.63) is 46.2 Å². The van der Waals surface area contributed by atoms with Gasteiger partial charge in [-0.2, -0.15) is 15.2 Å². The second kappa shape index (κ2) is 10.8. The molecule has 13 heteroatoms. The van der Waals surface area contributed by atoms with Gasteiger partial charge in [0, 0.05) is 50.3 Å². The van der Waals surface area contributed by atoms with E-state index < -0.39 is 23.0 Å². The number of nitrogens with one attached hydrogen (secondary N) is 1. The average Bonchev–Trinajstić information content (AvgIpc) is 3.74. The molecule has 5 atom stereocenters. The molecule has 2 aliphatic heterocycles. The van der Waals surface area contributed by atoms with Crippen LogP contribution in [-0.4, -0.2) is 83.1 Å². The van der Waals surface area contributed by atoms with Crippen LogP contribution in [-0.2, 0) is 23.0 Å². The monoisotopic (exact) mass is 647 g/mol. The molecule has 0 radical (unpaired) electrons. The van der Waals surface area contributed by atoms with Crippen molar-refractivity contribution in [1.29, 1.82) is 5.26 Å². The zero-order valence-corrected chi connectivity index (χ0v) is 26.8. The molecule has 2 aromatic heterocycles. The minimum atomic E-state index is -2.70. The Bertz CT molecular complexity index is 1770. The number of benzene rings is 1. The van der Waals surface area contributed by atoms with E-state index in [-0.39, 0.29) is 42.8 Å². The summed E-state index contributed by atoms with van der Waals surface area (Å²) in [7, 11) is 3.76. The summed E-state index contributed by atoms with van der Waals surface area (Å²) in [6.45, 7) is 3.24. The van der Waals surface area contributed by atoms with E-state index in [1.807, 2.05) is 20.0 Å². The maximum Gasteiger partial charge on any atom is 0.252 e. The zero-order chi connectivity index (χ0) is 32.7. The molecule has 4 heterocycles. The summed E-state index contributed by atoms with van der Waals surface area (Å²) in [6.07, 6.45) is 3.66. The van der Waals surface area contributed by atoms with Crippen LogP contribution >= 0.6 is 0 Å². The second-order valence-corrected chi connectivity index (χ2v) is 14.1. The van der Waals surface area contributed by atoms with Crippen LogP contribution in [0.15, 0.2) is 22.7 Å². The van der Waals surface area contributed by atoms with Gasteiger partial charge in [0.25, 0.3) is 5.92 Å². The smallest absolute Gasteiger partial charge is 0.252 e. The lowest BCUT2D eigenvalue weighted by Crippen LogP contribution is -2.78. The van der Waals surface area contributed by atoms with Gasteiger partial charge in [0.1, 0.15) is 18.3 Å². The molecule has 5 aliphatic rings. The Balaban J connectivity index is 1.16. The van der Waals surface area contributed by atoms with Crippen LogP contribution in [0.3, 0.4) is 0 Å². The first-order valence-electron chi connectivity index (χ1n) is 16.4. The number of nitriles is 1. The minimum absolute atomic E-state index is 0.0999. The Morgan fingerprint density at radius 3 is 2.70 bits per heavy atom. The summed E-state index contributed by atoms with van der Waals surface area (Å²) in [5, 5.41) is 17.8. The highest BCUT2D eigenvalue weighted by Gasteiger charge is 2.65. The lowest BCUT2D eigenvalue weighted by Gasteiger charge is -2.58. The van der Waals surface area contributed by atoms with Crippen LogP contribution in [0, 0.1) is 11.3 Å². The molecule has 8 rings (SSSR count). The molecule has 2 saturated heterocycles. The normalized spacial score (nSPS) is 29.1. The van der Waals surface area contributed by atoms with Crippen molar-refractivity contribution in [3.8, 4) is 29.3 Å². The molecule has 0 unspecified atom stereocenters. The van der Waals surface area contributed by atoms with Gasteiger partial charge in [0.05, 0.1) is 28.7 Å². The number of alkyl halides is 2. The number of likely N-dealkylation sites (N-methyl/N-ethyl adjacent to an activating group) is 1. The molecule has 3 fully saturated rings. The number of fused-ring (bicyclic) bond motifs is 4. The van der Waals surface area contributed by atoms with Gasteiger partial charge in [-0.15, -0.1) is 0 Å². The number of hydrogen-bond donors (Lipinski definition) is 2. The minimum Gasteiger partial charge on any atom is -0.473 e. The Kier molecular flexibility index (Phi) is 7.02. The molecule has 0 bridgehead atoms. The van der Waals surface area contributed by atoms with Crippen molar-refractivity contribution >= 4 is 5.69 Å². The van der Waals surface area contributed by atoms with Crippen molar-refractivity contribution < 1.29 is 27.5 Å². The first kappa shape index (κ1) is 30.5. The van der Waals surface area contributed by atoms with Crippen LogP contribution in [0.4, 0.5) is 14.5 Å². The summed E-state index contributed by atoms with van der Waals surface area (Å²) in [5.74, 6) is -1.15. The number of aryl methyl sites for hydroxylation is 1. The standard InChI is InChI=1S/C34H39F2N7O4/c1-18(24-11-20(44-3)15-43(24)2)45-26-12-27(46-25-14-39-33(25)16-34(35,36)17-33)41-31(40-26)29-21-5-4-9-32(30(21)47-42-29)10-8-19-6-7-23(38)22(13-37)28(19)32/h6-7,12,18,20,24-25,39H,4-5,8-11,14-17,38H2,1-3H3/t18-,20+,24-,25+,32-/m0/s1. The molecule has 11 nitrogen and oxygen atoms in total. The Morgan fingerprint density at radius 2 is 2.00 bits per heavy atom. The van der Waals surface area contributed by atoms with Crippen LogP contribution in [0.5, 0.6) is 11.8 Å². The number of anilines is 1. The first-order valence-corrected chi connectivity index (χ1v) is 16.4. The van der Waals surface area contributed by atoms with Gasteiger partial charge in [-0.1, -0.05) is 11.2 Å². The van der Waals surface area contributed by atoms with E-state index in [9.17, 15) is 14.0 Å². The van der Waals surface area contributed by atoms with Crippen molar-refractivity contribution in [1.82, 2.24) is 25.3 Å². The highest BCUT2D eigenvalue weighted by molar-refractivity contribution is 5.68. The van der Waals surface area contributed by atoms with Gasteiger partial charge in [0.15, 0.2) is 17.3 Å². The van der Waals surface area contributed by atoms with E-state index in [1.54, 1.807) is 19.2 Å². The second-order valence-electron chi connectivity index (χ2n) is 14.1. The number of aromatic nitrogens is 3. The molecule has 3 aromatic rings. The lowest BCUT2D eigenvalue weighted by atomic mass is 9.65. The number of ether oxygens (including phenoxy) is 3. The summed E-state index contributed by atoms with van der Waals surface area (Å²) in [5.41, 5.74) is 9.40. The predicted molar refractivity (Wildman–Crippen MR) is 166 cm³/mol. The van der Waals surface area contributed by atoms with Gasteiger partial charge in [0.2, 0.25) is 11.8 Å². The number of halogens is 2. The van der Waals surface area contributed by atoms with Gasteiger partial charge < -0.3 is 29.8 Å². The molecule has 3 aliphatic carbocycles. The van der Waals surface area contributed by atoms with E-state index >= 15 is 0 Å². The molecule has 1 aromatic carbocycles. The lowest BCUT2D eigenvalue weighted by molar-refractivity contribution is -0.193. The third-order valence-electron chi connectivity index (χ3n) is 11.3. The molecule has 248 valence electrons. The maximum atomic E-state index is 13.9. The predicted octanol–water partition coefficient (Wildman–Crippen LogP) is 4.16. The topological polar surface area (TPSA) is 145 Å². The quantitative estimate of drug-likeness (QED) is 0.357. The fourth-order valence-electron chi connectivity index (χ4n) is 8.86. The van der Waals surface area contributed by atoms with Gasteiger partial charge in [-0.05, 0) is 69.7 Å². The maximum absolute atomic E-state index is 13.9. The van der Waals surface area contributed by atoms with Gasteiger partial charge in [-0.25, -0.2) is 8.78 Å². The van der Waals surface area contributed by atoms with Crippen LogP contribution in [0.1, 0.15) is 73.5 Å². The van der Waals surface area contributed by atoms with Gasteiger partial charge >= 0.3 is 0 Å². The molecule has 2 spiro atoms. The van der Waals surface area contributed by atoms with Crippen LogP contribution < -0.4 is 20.5 Å². The highest BCUT2D eigenvalue weighted by atomic mass is 19.3. The molecule has 3 N–H and O–H groups in total. The summed E-state index contributed by atoms with van der Waals surface area (Å²) >= 11 is 0. The zero-order valence-electron chi connectivity index (χ0n) is 26.8. The van der Waals surface area contributed by atoms with E-state index in [1.165, 1.54) is 0 Å². The number of hydrogen-bond acceptors (Lipinski definition) is 11. The van der Waals surface area contributed by atoms with Crippen molar-refractivity contribution in [2.24, 2.45) is 0 Å². The number of nitrogens with zero attached hydrogens (tertiary/aromatic N) is 5. The number of likely N-dealkylation sites (tertiary alicyclic amines) is 1. The Hall–Kier alpha value is -3.86. The van der Waals surface area contributed by atoms with E-state index in [2.05, 4.69) is 21.4 Å². The fraction of sp³-hybridized carbons (Fsp3) is 0.588. The number of nitrogen functional groups attached to an aromatic ring is 1. The molecule has 47 heavy (non-hydrogen) atoms. The largest absolute Gasteiger partial charge is 0.473 e. The Morgan fingerprint density at radius 1 is 1.19 bits per heavy atom. The highest BCUT2D eigenvalue weighted by Crippen LogP contribution is 2.54. The van der Waals surface area contributed by atoms with Crippen molar-refractivity contribution in [2.45, 2.75) is 99.5 Å². The number of nitrogens with two attached hydrogens (primary N) is 1. The van der Waals surface area contributed by atoms with E-state index in [0.717, 1.165) is 61.1 Å².